The van der Waals surface area contributed by atoms with Crippen molar-refractivity contribution in [3.05, 3.63) is 83.7 Å². The van der Waals surface area contributed by atoms with Gasteiger partial charge in [-0.15, -0.1) is 0 Å². The fourth-order valence-electron chi connectivity index (χ4n) is 2.29. The maximum absolute atomic E-state index is 12.9. The molecule has 2 aromatic carbocycles. The first-order chi connectivity index (χ1) is 11.5. The Hall–Kier alpha value is -3.02. The highest BCUT2D eigenvalue weighted by Gasteiger charge is 2.14. The van der Waals surface area contributed by atoms with E-state index in [1.807, 2.05) is 6.92 Å². The minimum absolute atomic E-state index is 0.244. The summed E-state index contributed by atoms with van der Waals surface area (Å²) in [6.07, 6.45) is 1.63. The Morgan fingerprint density at radius 3 is 2.21 bits per heavy atom. The molecular weight excluding hydrogens is 312 g/mol. The molecule has 0 saturated heterocycles. The van der Waals surface area contributed by atoms with Gasteiger partial charge in [0, 0.05) is 6.20 Å². The second-order valence-electron chi connectivity index (χ2n) is 5.37. The summed E-state index contributed by atoms with van der Waals surface area (Å²) in [5.41, 5.74) is 1.69. The Morgan fingerprint density at radius 1 is 1.00 bits per heavy atom. The number of nitrogens with zero attached hydrogens (tertiary/aromatic N) is 2. The van der Waals surface area contributed by atoms with E-state index in [-0.39, 0.29) is 29.3 Å². The zero-order valence-corrected chi connectivity index (χ0v) is 12.9. The third kappa shape index (κ3) is 3.48. The lowest BCUT2D eigenvalue weighted by Crippen LogP contribution is -2.27. The number of benzene rings is 2. The minimum atomic E-state index is -0.340. The van der Waals surface area contributed by atoms with Crippen molar-refractivity contribution in [3.8, 4) is 5.69 Å². The lowest BCUT2D eigenvalue weighted by Gasteiger charge is -2.13. The summed E-state index contributed by atoms with van der Waals surface area (Å²) in [6, 6.07) is 13.0. The van der Waals surface area contributed by atoms with Crippen LogP contribution in [0, 0.1) is 11.6 Å². The fourth-order valence-corrected chi connectivity index (χ4v) is 2.29. The Labute approximate surface area is 137 Å². The normalized spacial score (nSPS) is 12.0. The van der Waals surface area contributed by atoms with Gasteiger partial charge < -0.3 is 5.32 Å². The summed E-state index contributed by atoms with van der Waals surface area (Å²) < 4.78 is 27.4. The van der Waals surface area contributed by atoms with Crippen LogP contribution in [-0.4, -0.2) is 15.7 Å². The molecule has 122 valence electrons. The van der Waals surface area contributed by atoms with Crippen molar-refractivity contribution < 1.29 is 13.6 Å². The second kappa shape index (κ2) is 6.62. The van der Waals surface area contributed by atoms with E-state index in [0.29, 0.717) is 5.69 Å². The molecule has 1 atom stereocenters. The number of carbonyl (C=O) groups is 1. The highest BCUT2D eigenvalue weighted by Crippen LogP contribution is 2.14. The smallest absolute Gasteiger partial charge is 0.272 e. The molecule has 24 heavy (non-hydrogen) atoms. The first-order valence-electron chi connectivity index (χ1n) is 7.41. The summed E-state index contributed by atoms with van der Waals surface area (Å²) in [4.78, 5) is 12.3. The van der Waals surface area contributed by atoms with Crippen molar-refractivity contribution in [2.75, 3.05) is 0 Å². The molecule has 0 fully saturated rings. The Kier molecular flexibility index (Phi) is 4.37. The zero-order valence-electron chi connectivity index (χ0n) is 12.9. The molecule has 6 heteroatoms. The van der Waals surface area contributed by atoms with Gasteiger partial charge in [-0.05, 0) is 55.0 Å². The number of aromatic nitrogens is 2. The number of nitrogens with one attached hydrogen (secondary N) is 1. The molecule has 1 amide bonds. The van der Waals surface area contributed by atoms with Crippen molar-refractivity contribution in [3.63, 3.8) is 0 Å². The summed E-state index contributed by atoms with van der Waals surface area (Å²) in [6.45, 7) is 1.81. The second-order valence-corrected chi connectivity index (χ2v) is 5.37. The molecule has 3 aromatic rings. The summed E-state index contributed by atoms with van der Waals surface area (Å²) >= 11 is 0. The topological polar surface area (TPSA) is 46.9 Å². The van der Waals surface area contributed by atoms with E-state index >= 15 is 0 Å². The number of halogens is 2. The molecule has 0 spiro atoms. The molecule has 0 aliphatic rings. The predicted molar refractivity (Wildman–Crippen MR) is 85.8 cm³/mol. The molecule has 1 N–H and O–H groups in total. The van der Waals surface area contributed by atoms with Crippen molar-refractivity contribution in [1.82, 2.24) is 15.1 Å². The number of rotatable bonds is 4. The molecule has 1 heterocycles. The van der Waals surface area contributed by atoms with Crippen molar-refractivity contribution in [1.29, 1.82) is 0 Å². The number of hydrogen-bond acceptors (Lipinski definition) is 2. The largest absolute Gasteiger partial charge is 0.344 e. The van der Waals surface area contributed by atoms with Crippen LogP contribution in [-0.2, 0) is 0 Å². The molecule has 3 rings (SSSR count). The summed E-state index contributed by atoms with van der Waals surface area (Å²) in [5, 5.41) is 7.00. The third-order valence-electron chi connectivity index (χ3n) is 3.63. The van der Waals surface area contributed by atoms with Gasteiger partial charge in [0.15, 0.2) is 5.69 Å². The van der Waals surface area contributed by atoms with E-state index in [0.717, 1.165) is 5.56 Å². The van der Waals surface area contributed by atoms with Crippen LogP contribution in [0.2, 0.25) is 0 Å². The van der Waals surface area contributed by atoms with Gasteiger partial charge in [0.1, 0.15) is 11.6 Å². The van der Waals surface area contributed by atoms with Crippen LogP contribution in [0.15, 0.2) is 60.8 Å². The van der Waals surface area contributed by atoms with Gasteiger partial charge in [0.25, 0.3) is 5.91 Å². The highest BCUT2D eigenvalue weighted by molar-refractivity contribution is 5.92. The molecule has 4 nitrogen and oxygen atoms in total. The van der Waals surface area contributed by atoms with E-state index in [2.05, 4.69) is 10.4 Å². The Morgan fingerprint density at radius 2 is 1.58 bits per heavy atom. The lowest BCUT2D eigenvalue weighted by atomic mass is 10.1. The van der Waals surface area contributed by atoms with Gasteiger partial charge in [0.2, 0.25) is 0 Å². The van der Waals surface area contributed by atoms with E-state index in [9.17, 15) is 13.6 Å². The monoisotopic (exact) mass is 327 g/mol. The molecule has 0 saturated carbocycles. The van der Waals surface area contributed by atoms with Gasteiger partial charge in [-0.25, -0.2) is 13.5 Å². The van der Waals surface area contributed by atoms with Gasteiger partial charge in [-0.1, -0.05) is 12.1 Å². The SMILES string of the molecule is C[C@H](NC(=O)c1ccn(-c2ccc(F)cc2)n1)c1ccc(F)cc1. The standard InChI is InChI=1S/C18H15F2N3O/c1-12(13-2-4-14(19)5-3-13)21-18(24)17-10-11-23(22-17)16-8-6-15(20)7-9-16/h2-12H,1H3,(H,21,24)/t12-/m0/s1. The molecule has 0 aliphatic carbocycles. The van der Waals surface area contributed by atoms with E-state index in [1.165, 1.54) is 28.9 Å². The number of hydrogen-bond donors (Lipinski definition) is 1. The number of amides is 1. The average Bonchev–Trinajstić information content (AvgIpc) is 3.06. The molecule has 1 aromatic heterocycles. The van der Waals surface area contributed by atoms with Crippen LogP contribution in [0.5, 0.6) is 0 Å². The van der Waals surface area contributed by atoms with Crippen LogP contribution in [0.3, 0.4) is 0 Å². The maximum atomic E-state index is 12.9. The molecular formula is C18H15F2N3O. The zero-order chi connectivity index (χ0) is 17.1. The first kappa shape index (κ1) is 15.9. The highest BCUT2D eigenvalue weighted by atomic mass is 19.1. The van der Waals surface area contributed by atoms with Crippen LogP contribution in [0.1, 0.15) is 29.0 Å². The van der Waals surface area contributed by atoms with E-state index < -0.39 is 0 Å². The van der Waals surface area contributed by atoms with E-state index in [1.54, 1.807) is 36.5 Å². The first-order valence-corrected chi connectivity index (χ1v) is 7.41. The minimum Gasteiger partial charge on any atom is -0.344 e. The van der Waals surface area contributed by atoms with Crippen LogP contribution in [0.4, 0.5) is 8.78 Å². The summed E-state index contributed by atoms with van der Waals surface area (Å²) in [7, 11) is 0. The van der Waals surface area contributed by atoms with E-state index in [4.69, 9.17) is 0 Å². The van der Waals surface area contributed by atoms with Gasteiger partial charge in [-0.2, -0.15) is 5.10 Å². The Bertz CT molecular complexity index is 841. The Balaban J connectivity index is 1.71. The third-order valence-corrected chi connectivity index (χ3v) is 3.63. The van der Waals surface area contributed by atoms with Crippen molar-refractivity contribution >= 4 is 5.91 Å². The maximum Gasteiger partial charge on any atom is 0.272 e. The molecule has 0 aliphatic heterocycles. The molecule has 0 bridgehead atoms. The van der Waals surface area contributed by atoms with Gasteiger partial charge in [0.05, 0.1) is 11.7 Å². The van der Waals surface area contributed by atoms with Crippen LogP contribution in [0.25, 0.3) is 5.69 Å². The predicted octanol–water partition coefficient (Wildman–Crippen LogP) is 3.64. The summed E-state index contributed by atoms with van der Waals surface area (Å²) in [5.74, 6) is -1.00. The van der Waals surface area contributed by atoms with Gasteiger partial charge in [-0.3, -0.25) is 4.79 Å². The fraction of sp³-hybridized carbons (Fsp3) is 0.111. The number of carbonyl (C=O) groups excluding carboxylic acids is 1. The average molecular weight is 327 g/mol. The van der Waals surface area contributed by atoms with Gasteiger partial charge >= 0.3 is 0 Å². The molecule has 0 unspecified atom stereocenters. The van der Waals surface area contributed by atoms with Crippen molar-refractivity contribution in [2.24, 2.45) is 0 Å². The lowest BCUT2D eigenvalue weighted by molar-refractivity contribution is 0.0934. The quantitative estimate of drug-likeness (QED) is 0.795. The molecule has 0 radical (unpaired) electrons. The van der Waals surface area contributed by atoms with Crippen LogP contribution >= 0.6 is 0 Å². The van der Waals surface area contributed by atoms with Crippen molar-refractivity contribution in [2.45, 2.75) is 13.0 Å². The van der Waals surface area contributed by atoms with Crippen LogP contribution < -0.4 is 5.32 Å².